The summed E-state index contributed by atoms with van der Waals surface area (Å²) in [5, 5.41) is 6.43. The molecule has 2 N–H and O–H groups in total. The summed E-state index contributed by atoms with van der Waals surface area (Å²) in [5.41, 5.74) is 1.69. The Morgan fingerprint density at radius 3 is 2.57 bits per heavy atom. The highest BCUT2D eigenvalue weighted by atomic mass is 19.1. The van der Waals surface area contributed by atoms with Crippen LogP contribution in [0.3, 0.4) is 0 Å². The molecule has 1 heterocycles. The van der Waals surface area contributed by atoms with Crippen LogP contribution in [-0.4, -0.2) is 16.5 Å². The van der Waals surface area contributed by atoms with Crippen LogP contribution in [0.5, 0.6) is 0 Å². The van der Waals surface area contributed by atoms with Gasteiger partial charge in [0.2, 0.25) is 0 Å². The van der Waals surface area contributed by atoms with Crippen molar-refractivity contribution in [3.63, 3.8) is 0 Å². The Labute approximate surface area is 124 Å². The molecule has 1 aromatic carbocycles. The highest BCUT2D eigenvalue weighted by molar-refractivity contribution is 5.62. The van der Waals surface area contributed by atoms with Crippen LogP contribution in [0.15, 0.2) is 24.3 Å². The third-order valence-electron chi connectivity index (χ3n) is 3.11. The minimum atomic E-state index is -0.266. The molecule has 0 aliphatic heterocycles. The maximum Gasteiger partial charge on any atom is 0.136 e. The number of rotatable bonds is 6. The molecular formula is C16H21FN4. The molecule has 0 aliphatic rings. The Balaban J connectivity index is 2.27. The zero-order valence-corrected chi connectivity index (χ0v) is 12.7. The Morgan fingerprint density at radius 2 is 1.86 bits per heavy atom. The van der Waals surface area contributed by atoms with Crippen LogP contribution in [0.1, 0.15) is 31.7 Å². The molecule has 0 radical (unpaired) electrons. The predicted octanol–water partition coefficient (Wildman–Crippen LogP) is 4.05. The van der Waals surface area contributed by atoms with Gasteiger partial charge in [-0.3, -0.25) is 0 Å². The van der Waals surface area contributed by atoms with E-state index in [1.54, 1.807) is 6.07 Å². The van der Waals surface area contributed by atoms with Gasteiger partial charge < -0.3 is 10.6 Å². The van der Waals surface area contributed by atoms with Crippen molar-refractivity contribution >= 4 is 17.3 Å². The van der Waals surface area contributed by atoms with E-state index in [4.69, 9.17) is 0 Å². The van der Waals surface area contributed by atoms with Crippen LogP contribution in [0.4, 0.5) is 21.7 Å². The highest BCUT2D eigenvalue weighted by Crippen LogP contribution is 2.22. The monoisotopic (exact) mass is 288 g/mol. The van der Waals surface area contributed by atoms with Crippen molar-refractivity contribution in [3.05, 3.63) is 41.5 Å². The van der Waals surface area contributed by atoms with Crippen molar-refractivity contribution in [2.75, 3.05) is 17.2 Å². The first-order valence-corrected chi connectivity index (χ1v) is 7.27. The average molecular weight is 288 g/mol. The smallest absolute Gasteiger partial charge is 0.136 e. The van der Waals surface area contributed by atoms with E-state index in [0.29, 0.717) is 5.82 Å². The van der Waals surface area contributed by atoms with Crippen LogP contribution >= 0.6 is 0 Å². The Hall–Kier alpha value is -2.17. The number of halogens is 1. The van der Waals surface area contributed by atoms with Crippen molar-refractivity contribution in [1.82, 2.24) is 9.97 Å². The molecule has 0 saturated heterocycles. The number of hydrogen-bond donors (Lipinski definition) is 2. The lowest BCUT2D eigenvalue weighted by atomic mass is 10.2. The minimum Gasteiger partial charge on any atom is -0.370 e. The lowest BCUT2D eigenvalue weighted by Gasteiger charge is -2.12. The number of nitrogens with zero attached hydrogens (tertiary/aromatic N) is 2. The molecule has 0 spiro atoms. The maximum absolute atomic E-state index is 13.4. The van der Waals surface area contributed by atoms with Gasteiger partial charge in [0.15, 0.2) is 0 Å². The first-order chi connectivity index (χ1) is 10.1. The SMILES string of the molecule is CCCNc1cc(Nc2cc(F)ccc2C)nc(CC)n1. The van der Waals surface area contributed by atoms with E-state index in [1.165, 1.54) is 12.1 Å². The second-order valence-electron chi connectivity index (χ2n) is 4.92. The van der Waals surface area contributed by atoms with E-state index in [2.05, 4.69) is 27.5 Å². The molecule has 112 valence electrons. The molecule has 2 rings (SSSR count). The van der Waals surface area contributed by atoms with Gasteiger partial charge in [0, 0.05) is 24.7 Å². The molecule has 5 heteroatoms. The normalized spacial score (nSPS) is 10.5. The van der Waals surface area contributed by atoms with Gasteiger partial charge in [0.25, 0.3) is 0 Å². The number of hydrogen-bond acceptors (Lipinski definition) is 4. The van der Waals surface area contributed by atoms with Crippen LogP contribution in [0, 0.1) is 12.7 Å². The highest BCUT2D eigenvalue weighted by Gasteiger charge is 2.06. The first-order valence-electron chi connectivity index (χ1n) is 7.27. The molecule has 4 nitrogen and oxygen atoms in total. The summed E-state index contributed by atoms with van der Waals surface area (Å²) in [4.78, 5) is 8.88. The Morgan fingerprint density at radius 1 is 1.10 bits per heavy atom. The molecule has 0 bridgehead atoms. The molecule has 1 aromatic heterocycles. The second-order valence-corrected chi connectivity index (χ2v) is 4.92. The fourth-order valence-corrected chi connectivity index (χ4v) is 1.93. The lowest BCUT2D eigenvalue weighted by molar-refractivity contribution is 0.628. The summed E-state index contributed by atoms with van der Waals surface area (Å²) in [5.74, 6) is 1.96. The van der Waals surface area contributed by atoms with Crippen LogP contribution in [-0.2, 0) is 6.42 Å². The van der Waals surface area contributed by atoms with Gasteiger partial charge in [-0.2, -0.15) is 0 Å². The Kier molecular flexibility index (Phi) is 5.09. The summed E-state index contributed by atoms with van der Waals surface area (Å²) in [7, 11) is 0. The molecule has 0 aliphatic carbocycles. The molecule has 21 heavy (non-hydrogen) atoms. The van der Waals surface area contributed by atoms with Gasteiger partial charge in [-0.15, -0.1) is 0 Å². The van der Waals surface area contributed by atoms with Gasteiger partial charge in [-0.25, -0.2) is 14.4 Å². The first kappa shape index (κ1) is 15.2. The number of anilines is 3. The van der Waals surface area contributed by atoms with Crippen molar-refractivity contribution in [2.24, 2.45) is 0 Å². The largest absolute Gasteiger partial charge is 0.370 e. The molecule has 0 amide bonds. The fourth-order valence-electron chi connectivity index (χ4n) is 1.93. The minimum absolute atomic E-state index is 0.266. The number of aromatic nitrogens is 2. The summed E-state index contributed by atoms with van der Waals surface area (Å²) < 4.78 is 13.4. The molecule has 0 saturated carbocycles. The second kappa shape index (κ2) is 7.02. The zero-order chi connectivity index (χ0) is 15.2. The summed E-state index contributed by atoms with van der Waals surface area (Å²) in [6.45, 7) is 6.90. The summed E-state index contributed by atoms with van der Waals surface area (Å²) in [6, 6.07) is 6.52. The number of benzene rings is 1. The van der Waals surface area contributed by atoms with E-state index in [9.17, 15) is 4.39 Å². The topological polar surface area (TPSA) is 49.8 Å². The van der Waals surface area contributed by atoms with E-state index in [1.807, 2.05) is 19.9 Å². The van der Waals surface area contributed by atoms with E-state index >= 15 is 0 Å². The lowest BCUT2D eigenvalue weighted by Crippen LogP contribution is -2.07. The Bertz CT molecular complexity index is 613. The van der Waals surface area contributed by atoms with Crippen LogP contribution < -0.4 is 10.6 Å². The van der Waals surface area contributed by atoms with Crippen LogP contribution in [0.2, 0.25) is 0 Å². The molecule has 0 unspecified atom stereocenters. The van der Waals surface area contributed by atoms with Crippen molar-refractivity contribution in [2.45, 2.75) is 33.6 Å². The van der Waals surface area contributed by atoms with E-state index < -0.39 is 0 Å². The van der Waals surface area contributed by atoms with Crippen molar-refractivity contribution in [1.29, 1.82) is 0 Å². The number of nitrogens with one attached hydrogen (secondary N) is 2. The summed E-state index contributed by atoms with van der Waals surface area (Å²) in [6.07, 6.45) is 1.77. The summed E-state index contributed by atoms with van der Waals surface area (Å²) >= 11 is 0. The van der Waals surface area contributed by atoms with Crippen LogP contribution in [0.25, 0.3) is 0 Å². The fraction of sp³-hybridized carbons (Fsp3) is 0.375. The van der Waals surface area contributed by atoms with Gasteiger partial charge in [-0.05, 0) is 31.0 Å². The van der Waals surface area contributed by atoms with Gasteiger partial charge >= 0.3 is 0 Å². The zero-order valence-electron chi connectivity index (χ0n) is 12.7. The third kappa shape index (κ3) is 4.15. The molecule has 0 atom stereocenters. The van der Waals surface area contributed by atoms with Gasteiger partial charge in [0.05, 0.1) is 0 Å². The standard InChI is InChI=1S/C16H21FN4/c1-4-8-18-15-10-16(21-14(5-2)20-15)19-13-9-12(17)7-6-11(13)3/h6-7,9-10H,4-5,8H2,1-3H3,(H2,18,19,20,21). The quantitative estimate of drug-likeness (QED) is 0.842. The van der Waals surface area contributed by atoms with Crippen molar-refractivity contribution < 1.29 is 4.39 Å². The van der Waals surface area contributed by atoms with E-state index in [-0.39, 0.29) is 5.82 Å². The van der Waals surface area contributed by atoms with E-state index in [0.717, 1.165) is 42.3 Å². The molecular weight excluding hydrogens is 267 g/mol. The third-order valence-corrected chi connectivity index (χ3v) is 3.11. The molecule has 2 aromatic rings. The van der Waals surface area contributed by atoms with Gasteiger partial charge in [-0.1, -0.05) is 19.9 Å². The average Bonchev–Trinajstić information content (AvgIpc) is 2.48. The predicted molar refractivity (Wildman–Crippen MR) is 84.6 cm³/mol. The van der Waals surface area contributed by atoms with Gasteiger partial charge in [0.1, 0.15) is 23.3 Å². The number of aryl methyl sites for hydroxylation is 2. The maximum atomic E-state index is 13.4. The molecule has 0 fully saturated rings. The van der Waals surface area contributed by atoms with Crippen molar-refractivity contribution in [3.8, 4) is 0 Å².